The van der Waals surface area contributed by atoms with Gasteiger partial charge in [-0.15, -0.1) is 0 Å². The summed E-state index contributed by atoms with van der Waals surface area (Å²) in [5, 5.41) is 0. The Hall–Kier alpha value is -3.59. The average molecular weight is 422 g/mol. The number of benzene rings is 1. The van der Waals surface area contributed by atoms with Crippen LogP contribution in [0.1, 0.15) is 12.0 Å². The van der Waals surface area contributed by atoms with Crippen LogP contribution in [0.3, 0.4) is 0 Å². The van der Waals surface area contributed by atoms with Crippen LogP contribution in [-0.4, -0.2) is 56.6 Å². The zero-order valence-corrected chi connectivity index (χ0v) is 17.4. The van der Waals surface area contributed by atoms with Crippen molar-refractivity contribution >= 4 is 11.3 Å². The van der Waals surface area contributed by atoms with Crippen LogP contribution in [0, 0.1) is 5.82 Å². The molecule has 1 N–H and O–H groups in total. The number of imidazole rings is 1. The molecule has 3 heterocycles. The topological polar surface area (TPSA) is 88.9 Å². The number of nitrogens with one attached hydrogen (secondary N) is 1. The maximum absolute atomic E-state index is 13.1. The molecule has 0 fully saturated rings. The monoisotopic (exact) mass is 422 g/mol. The Kier molecular flexibility index (Phi) is 6.03. The molecule has 0 radical (unpaired) electrons. The number of fused-ring (bicyclic) bond motifs is 1. The number of aromatic amines is 1. The molecule has 0 saturated heterocycles. The van der Waals surface area contributed by atoms with E-state index in [1.807, 2.05) is 20.2 Å². The fourth-order valence-electron chi connectivity index (χ4n) is 3.16. The van der Waals surface area contributed by atoms with Crippen LogP contribution >= 0.6 is 0 Å². The standard InChI is InChI=1S/C22H23FN6O2/c1-28(2)10-3-11-31-19-9-6-16(12-24-19)18-13-25-21-20(26-18)27-22(30)29(21)14-15-4-7-17(23)8-5-15/h4-9,12-13H,3,10-11,14H2,1-2H3,(H,26,27,30). The number of hydrogen-bond acceptors (Lipinski definition) is 6. The number of hydrogen-bond donors (Lipinski definition) is 1. The highest BCUT2D eigenvalue weighted by atomic mass is 19.1. The van der Waals surface area contributed by atoms with Gasteiger partial charge in [0.1, 0.15) is 5.82 Å². The number of aromatic nitrogens is 5. The molecule has 0 aliphatic carbocycles. The Bertz CT molecular complexity index is 1220. The summed E-state index contributed by atoms with van der Waals surface area (Å²) in [5.74, 6) is 0.230. The van der Waals surface area contributed by atoms with E-state index < -0.39 is 0 Å². The van der Waals surface area contributed by atoms with Crippen LogP contribution in [0.4, 0.5) is 4.39 Å². The van der Waals surface area contributed by atoms with Crippen LogP contribution < -0.4 is 10.4 Å². The highest BCUT2D eigenvalue weighted by Crippen LogP contribution is 2.20. The summed E-state index contributed by atoms with van der Waals surface area (Å²) in [6, 6.07) is 9.65. The first kappa shape index (κ1) is 20.7. The van der Waals surface area contributed by atoms with Gasteiger partial charge in [0.2, 0.25) is 5.88 Å². The van der Waals surface area contributed by atoms with Gasteiger partial charge in [-0.1, -0.05) is 12.1 Å². The first-order chi connectivity index (χ1) is 15.0. The van der Waals surface area contributed by atoms with Gasteiger partial charge < -0.3 is 9.64 Å². The van der Waals surface area contributed by atoms with Crippen molar-refractivity contribution in [3.63, 3.8) is 0 Å². The van der Waals surface area contributed by atoms with Gasteiger partial charge in [0.15, 0.2) is 11.3 Å². The zero-order valence-electron chi connectivity index (χ0n) is 17.4. The van der Waals surface area contributed by atoms with Crippen LogP contribution in [0.2, 0.25) is 0 Å². The van der Waals surface area contributed by atoms with E-state index >= 15 is 0 Å². The highest BCUT2D eigenvalue weighted by molar-refractivity contribution is 5.70. The maximum atomic E-state index is 13.1. The number of rotatable bonds is 8. The molecule has 0 unspecified atom stereocenters. The lowest BCUT2D eigenvalue weighted by molar-refractivity contribution is 0.273. The number of ether oxygens (including phenoxy) is 1. The molecule has 1 aromatic carbocycles. The van der Waals surface area contributed by atoms with Crippen molar-refractivity contribution in [2.24, 2.45) is 0 Å². The number of H-pyrrole nitrogens is 1. The minimum absolute atomic E-state index is 0.272. The molecule has 0 bridgehead atoms. The lowest BCUT2D eigenvalue weighted by atomic mass is 10.2. The first-order valence-electron chi connectivity index (χ1n) is 9.93. The molecule has 160 valence electrons. The number of nitrogens with zero attached hydrogens (tertiary/aromatic N) is 5. The second kappa shape index (κ2) is 9.05. The number of pyridine rings is 1. The molecule has 3 aromatic heterocycles. The second-order valence-electron chi connectivity index (χ2n) is 7.46. The van der Waals surface area contributed by atoms with Gasteiger partial charge in [-0.2, -0.15) is 0 Å². The van der Waals surface area contributed by atoms with Gasteiger partial charge in [0.05, 0.1) is 25.0 Å². The highest BCUT2D eigenvalue weighted by Gasteiger charge is 2.12. The molecule has 4 rings (SSSR count). The van der Waals surface area contributed by atoms with E-state index in [2.05, 4.69) is 24.8 Å². The summed E-state index contributed by atoms with van der Waals surface area (Å²) < 4.78 is 20.2. The molecule has 0 amide bonds. The van der Waals surface area contributed by atoms with Crippen molar-refractivity contribution in [2.75, 3.05) is 27.2 Å². The molecule has 0 atom stereocenters. The van der Waals surface area contributed by atoms with Crippen molar-refractivity contribution in [1.29, 1.82) is 0 Å². The van der Waals surface area contributed by atoms with Gasteiger partial charge >= 0.3 is 5.69 Å². The summed E-state index contributed by atoms with van der Waals surface area (Å²) >= 11 is 0. The van der Waals surface area contributed by atoms with E-state index in [1.165, 1.54) is 16.7 Å². The fraction of sp³-hybridized carbons (Fsp3) is 0.273. The van der Waals surface area contributed by atoms with E-state index in [4.69, 9.17) is 4.74 Å². The van der Waals surface area contributed by atoms with Gasteiger partial charge in [0, 0.05) is 24.4 Å². The normalized spacial score (nSPS) is 11.4. The summed E-state index contributed by atoms with van der Waals surface area (Å²) in [6.07, 6.45) is 4.19. The second-order valence-corrected chi connectivity index (χ2v) is 7.46. The maximum Gasteiger partial charge on any atom is 0.329 e. The summed E-state index contributed by atoms with van der Waals surface area (Å²) in [5.41, 5.74) is 2.65. The fourth-order valence-corrected chi connectivity index (χ4v) is 3.16. The lowest BCUT2D eigenvalue weighted by Crippen LogP contribution is -2.17. The molecule has 0 aliphatic heterocycles. The third-order valence-corrected chi connectivity index (χ3v) is 4.76. The Labute approximate surface area is 178 Å². The van der Waals surface area contributed by atoms with Crippen LogP contribution in [0.5, 0.6) is 5.88 Å². The molecule has 8 nitrogen and oxygen atoms in total. The first-order valence-corrected chi connectivity index (χ1v) is 9.93. The average Bonchev–Trinajstić information content (AvgIpc) is 3.07. The van der Waals surface area contributed by atoms with Crippen molar-refractivity contribution in [3.8, 4) is 17.1 Å². The van der Waals surface area contributed by atoms with Crippen LogP contribution in [0.25, 0.3) is 22.6 Å². The lowest BCUT2D eigenvalue weighted by Gasteiger charge is -2.10. The van der Waals surface area contributed by atoms with Gasteiger partial charge in [-0.25, -0.2) is 24.1 Å². The van der Waals surface area contributed by atoms with Gasteiger partial charge in [0.25, 0.3) is 0 Å². The third kappa shape index (κ3) is 4.95. The smallest absolute Gasteiger partial charge is 0.329 e. The largest absolute Gasteiger partial charge is 0.478 e. The predicted molar refractivity (Wildman–Crippen MR) is 116 cm³/mol. The van der Waals surface area contributed by atoms with Gasteiger partial charge in [-0.3, -0.25) is 9.55 Å². The van der Waals surface area contributed by atoms with E-state index in [0.29, 0.717) is 29.5 Å². The molecule has 0 aliphatic rings. The molecule has 4 aromatic rings. The minimum atomic E-state index is -0.323. The predicted octanol–water partition coefficient (Wildman–Crippen LogP) is 2.70. The van der Waals surface area contributed by atoms with Crippen LogP contribution in [0.15, 0.2) is 53.6 Å². The van der Waals surface area contributed by atoms with E-state index in [0.717, 1.165) is 24.1 Å². The quantitative estimate of drug-likeness (QED) is 0.439. The Morgan fingerprint density at radius 2 is 1.90 bits per heavy atom. The summed E-state index contributed by atoms with van der Waals surface area (Å²) in [7, 11) is 4.05. The summed E-state index contributed by atoms with van der Waals surface area (Å²) in [4.78, 5) is 30.5. The molecule has 9 heteroatoms. The van der Waals surface area contributed by atoms with Gasteiger partial charge in [-0.05, 0) is 44.3 Å². The minimum Gasteiger partial charge on any atom is -0.478 e. The van der Waals surface area contributed by atoms with E-state index in [-0.39, 0.29) is 18.1 Å². The molecule has 0 spiro atoms. The third-order valence-electron chi connectivity index (χ3n) is 4.76. The van der Waals surface area contributed by atoms with E-state index in [9.17, 15) is 9.18 Å². The zero-order chi connectivity index (χ0) is 21.8. The molecular weight excluding hydrogens is 399 g/mol. The molecule has 0 saturated carbocycles. The number of halogens is 1. The van der Waals surface area contributed by atoms with Crippen molar-refractivity contribution in [2.45, 2.75) is 13.0 Å². The molecule has 31 heavy (non-hydrogen) atoms. The van der Waals surface area contributed by atoms with E-state index in [1.54, 1.807) is 30.6 Å². The van der Waals surface area contributed by atoms with Crippen molar-refractivity contribution in [3.05, 3.63) is 70.7 Å². The van der Waals surface area contributed by atoms with Crippen molar-refractivity contribution < 1.29 is 9.13 Å². The Morgan fingerprint density at radius 3 is 2.61 bits per heavy atom. The molecular formula is C22H23FN6O2. The Morgan fingerprint density at radius 1 is 1.10 bits per heavy atom. The van der Waals surface area contributed by atoms with Crippen molar-refractivity contribution in [1.82, 2.24) is 29.4 Å². The Balaban J connectivity index is 1.50. The SMILES string of the molecule is CN(C)CCCOc1ccc(-c2cnc3c(n2)[nH]c(=O)n3Cc2ccc(F)cc2)cn1. The summed E-state index contributed by atoms with van der Waals surface area (Å²) in [6.45, 7) is 1.82. The van der Waals surface area contributed by atoms with Crippen LogP contribution in [-0.2, 0) is 6.54 Å².